The van der Waals surface area contributed by atoms with E-state index in [0.717, 1.165) is 24.0 Å². The largest absolute Gasteiger partial charge is 0.468 e. The van der Waals surface area contributed by atoms with Gasteiger partial charge in [0, 0.05) is 46.0 Å². The molecule has 0 bridgehead atoms. The summed E-state index contributed by atoms with van der Waals surface area (Å²) in [5, 5.41) is 5.29. The molecule has 0 fully saturated rings. The third-order valence-corrected chi connectivity index (χ3v) is 10.4. The molecule has 3 heterocycles. The van der Waals surface area contributed by atoms with Crippen LogP contribution in [0.4, 0.5) is 0 Å². The smallest absolute Gasteiger partial charge is 0.327 e. The summed E-state index contributed by atoms with van der Waals surface area (Å²) in [6, 6.07) is 17.7. The Kier molecular flexibility index (Phi) is 10.4. The Bertz CT molecular complexity index is 1520. The second kappa shape index (κ2) is 14.2. The van der Waals surface area contributed by atoms with Crippen molar-refractivity contribution in [2.75, 3.05) is 27.3 Å². The second-order valence-electron chi connectivity index (χ2n) is 10.1. The molecule has 10 heteroatoms. The molecular weight excluding hydrogens is 611 g/mol. The van der Waals surface area contributed by atoms with Crippen molar-refractivity contribution in [1.82, 2.24) is 9.80 Å². The third-order valence-electron chi connectivity index (χ3n) is 7.63. The van der Waals surface area contributed by atoms with Crippen molar-refractivity contribution in [2.24, 2.45) is 0 Å². The molecule has 2 atom stereocenters. The van der Waals surface area contributed by atoms with E-state index < -0.39 is 12.1 Å². The maximum atomic E-state index is 13.3. The van der Waals surface area contributed by atoms with Crippen molar-refractivity contribution in [1.29, 1.82) is 0 Å². The normalized spacial score (nSPS) is 14.8. The maximum Gasteiger partial charge on any atom is 0.327 e. The summed E-state index contributed by atoms with van der Waals surface area (Å²) in [4.78, 5) is 33.2. The van der Waals surface area contributed by atoms with Crippen LogP contribution in [0.15, 0.2) is 71.4 Å². The number of rotatable bonds is 11. The zero-order chi connectivity index (χ0) is 29.6. The van der Waals surface area contributed by atoms with Gasteiger partial charge in [-0.15, -0.1) is 22.7 Å². The van der Waals surface area contributed by atoms with Gasteiger partial charge in [0.2, 0.25) is 0 Å². The summed E-state index contributed by atoms with van der Waals surface area (Å²) in [5.41, 5.74) is 3.74. The van der Waals surface area contributed by atoms with E-state index in [1.807, 2.05) is 42.5 Å². The van der Waals surface area contributed by atoms with Gasteiger partial charge in [-0.05, 0) is 64.1 Å². The van der Waals surface area contributed by atoms with Crippen LogP contribution < -0.4 is 0 Å². The molecule has 2 aromatic heterocycles. The minimum atomic E-state index is -0.676. The van der Waals surface area contributed by atoms with Crippen LogP contribution in [0.5, 0.6) is 0 Å². The number of carbonyl (C=O) groups excluding carboxylic acids is 2. The number of ether oxygens (including phenoxy) is 2. The van der Waals surface area contributed by atoms with Crippen molar-refractivity contribution in [3.8, 4) is 0 Å². The van der Waals surface area contributed by atoms with Crippen molar-refractivity contribution < 1.29 is 19.1 Å². The number of nitrogens with zero attached hydrogens (tertiary/aromatic N) is 2. The highest BCUT2D eigenvalue weighted by Crippen LogP contribution is 2.38. The minimum absolute atomic E-state index is 0.342. The van der Waals surface area contributed by atoms with E-state index in [4.69, 9.17) is 32.7 Å². The highest BCUT2D eigenvalue weighted by molar-refractivity contribution is 7.10. The number of fused-ring (bicyclic) bond motifs is 1. The Labute approximate surface area is 264 Å². The lowest BCUT2D eigenvalue weighted by Gasteiger charge is -2.35. The molecule has 0 N–H and O–H groups in total. The molecule has 2 unspecified atom stereocenters. The standard InChI is InChI=1S/C32H32Cl2N2O4S2/c1-39-31(37)29(23-9-3-5-11-26(23)33)35(15-13-22-8-7-17-41-22)18-21-20-42-28-14-16-36(19-25(21)28)30(32(38)40-2)24-10-4-6-12-27(24)34/h3-12,17,20,29-30H,13-16,18-19H2,1-2H3. The first kappa shape index (κ1) is 30.7. The number of esters is 2. The Morgan fingerprint density at radius 2 is 1.62 bits per heavy atom. The van der Waals surface area contributed by atoms with E-state index in [0.29, 0.717) is 41.8 Å². The predicted molar refractivity (Wildman–Crippen MR) is 169 cm³/mol. The first-order valence-electron chi connectivity index (χ1n) is 13.6. The molecule has 0 saturated carbocycles. The van der Waals surface area contributed by atoms with Crippen LogP contribution in [0.25, 0.3) is 0 Å². The SMILES string of the molecule is COC(=O)C(c1ccccc1Cl)N(CCc1cccs1)Cc1csc2c1CN(C(C(=O)OC)c1ccccc1Cl)CC2. The van der Waals surface area contributed by atoms with E-state index in [1.165, 1.54) is 29.5 Å². The van der Waals surface area contributed by atoms with Crippen LogP contribution in [0, 0.1) is 0 Å². The topological polar surface area (TPSA) is 59.1 Å². The molecule has 0 saturated heterocycles. The summed E-state index contributed by atoms with van der Waals surface area (Å²) in [5.74, 6) is -0.699. The molecule has 0 spiro atoms. The van der Waals surface area contributed by atoms with Gasteiger partial charge in [-0.3, -0.25) is 9.80 Å². The van der Waals surface area contributed by atoms with E-state index in [9.17, 15) is 9.59 Å². The van der Waals surface area contributed by atoms with Gasteiger partial charge in [0.25, 0.3) is 0 Å². The van der Waals surface area contributed by atoms with E-state index in [2.05, 4.69) is 26.6 Å². The molecule has 0 aliphatic carbocycles. The molecule has 42 heavy (non-hydrogen) atoms. The van der Waals surface area contributed by atoms with Crippen molar-refractivity contribution in [3.63, 3.8) is 0 Å². The van der Waals surface area contributed by atoms with Crippen LogP contribution in [0.2, 0.25) is 10.0 Å². The number of benzene rings is 2. The van der Waals surface area contributed by atoms with Gasteiger partial charge in [-0.25, -0.2) is 9.59 Å². The summed E-state index contributed by atoms with van der Waals surface area (Å²) in [7, 11) is 2.82. The van der Waals surface area contributed by atoms with Gasteiger partial charge in [0.1, 0.15) is 12.1 Å². The third kappa shape index (κ3) is 6.75. The maximum absolute atomic E-state index is 13.3. The van der Waals surface area contributed by atoms with Gasteiger partial charge in [-0.1, -0.05) is 65.7 Å². The van der Waals surface area contributed by atoms with Crippen molar-refractivity contribution >= 4 is 57.8 Å². The number of hydrogen-bond donors (Lipinski definition) is 0. The Morgan fingerprint density at radius 3 is 2.26 bits per heavy atom. The summed E-state index contributed by atoms with van der Waals surface area (Å²) < 4.78 is 10.5. The van der Waals surface area contributed by atoms with E-state index in [1.54, 1.807) is 34.8 Å². The average Bonchev–Trinajstić information content (AvgIpc) is 3.67. The molecule has 2 aromatic carbocycles. The fraction of sp³-hybridized carbons (Fsp3) is 0.312. The first-order valence-corrected chi connectivity index (χ1v) is 16.2. The average molecular weight is 644 g/mol. The van der Waals surface area contributed by atoms with Crippen LogP contribution in [-0.2, 0) is 45.0 Å². The zero-order valence-corrected chi connectivity index (χ0v) is 26.6. The molecule has 6 nitrogen and oxygen atoms in total. The van der Waals surface area contributed by atoms with Crippen LogP contribution in [0.3, 0.4) is 0 Å². The molecule has 220 valence electrons. The number of thiophene rings is 2. The highest BCUT2D eigenvalue weighted by atomic mass is 35.5. The van der Waals surface area contributed by atoms with E-state index >= 15 is 0 Å². The van der Waals surface area contributed by atoms with Gasteiger partial charge in [0.05, 0.1) is 14.2 Å². The molecule has 5 rings (SSSR count). The predicted octanol–water partition coefficient (Wildman–Crippen LogP) is 7.35. The molecule has 1 aliphatic heterocycles. The minimum Gasteiger partial charge on any atom is -0.468 e. The van der Waals surface area contributed by atoms with Crippen LogP contribution in [0.1, 0.15) is 44.1 Å². The van der Waals surface area contributed by atoms with Gasteiger partial charge in [0.15, 0.2) is 0 Å². The number of carbonyl (C=O) groups is 2. The fourth-order valence-corrected chi connectivity index (χ4v) is 7.76. The van der Waals surface area contributed by atoms with Crippen LogP contribution in [-0.4, -0.2) is 49.0 Å². The quantitative estimate of drug-likeness (QED) is 0.159. The summed E-state index contributed by atoms with van der Waals surface area (Å²) in [6.45, 7) is 2.41. The molecule has 0 radical (unpaired) electrons. The number of methoxy groups -OCH3 is 2. The van der Waals surface area contributed by atoms with Crippen molar-refractivity contribution in [2.45, 2.75) is 38.0 Å². The van der Waals surface area contributed by atoms with E-state index in [-0.39, 0.29) is 11.9 Å². The summed E-state index contributed by atoms with van der Waals surface area (Å²) >= 11 is 16.6. The second-order valence-corrected chi connectivity index (χ2v) is 12.9. The lowest BCUT2D eigenvalue weighted by atomic mass is 9.98. The van der Waals surface area contributed by atoms with Crippen LogP contribution >= 0.6 is 45.9 Å². The fourth-order valence-electron chi connectivity index (χ4n) is 5.53. The first-order chi connectivity index (χ1) is 20.4. The lowest BCUT2D eigenvalue weighted by molar-refractivity contribution is -0.148. The molecule has 4 aromatic rings. The number of hydrogen-bond acceptors (Lipinski definition) is 8. The lowest BCUT2D eigenvalue weighted by Crippen LogP contribution is -2.39. The Morgan fingerprint density at radius 1 is 0.929 bits per heavy atom. The van der Waals surface area contributed by atoms with Gasteiger partial charge in [-0.2, -0.15) is 0 Å². The highest BCUT2D eigenvalue weighted by Gasteiger charge is 2.35. The zero-order valence-electron chi connectivity index (χ0n) is 23.4. The summed E-state index contributed by atoms with van der Waals surface area (Å²) in [6.07, 6.45) is 1.59. The monoisotopic (exact) mass is 642 g/mol. The van der Waals surface area contributed by atoms with Gasteiger partial charge < -0.3 is 9.47 Å². The Balaban J connectivity index is 1.48. The molecule has 0 amide bonds. The molecular formula is C32H32Cl2N2O4S2. The Hall–Kier alpha value is -2.72. The van der Waals surface area contributed by atoms with Crippen molar-refractivity contribution in [3.05, 3.63) is 113 Å². The molecule has 1 aliphatic rings. The van der Waals surface area contributed by atoms with Gasteiger partial charge >= 0.3 is 11.9 Å². The number of halogens is 2.